The van der Waals surface area contributed by atoms with Gasteiger partial charge in [-0.15, -0.1) is 10.2 Å². The second-order valence-corrected chi connectivity index (χ2v) is 8.54. The maximum absolute atomic E-state index is 12.6. The summed E-state index contributed by atoms with van der Waals surface area (Å²) in [4.78, 5) is 24.5. The Bertz CT molecular complexity index is 1350. The molecule has 0 bridgehead atoms. The van der Waals surface area contributed by atoms with E-state index in [0.717, 1.165) is 22.1 Å². The van der Waals surface area contributed by atoms with Crippen molar-refractivity contribution in [1.29, 1.82) is 0 Å². The summed E-state index contributed by atoms with van der Waals surface area (Å²) >= 11 is 1.32. The normalized spacial score (nSPS) is 11.1. The lowest BCUT2D eigenvalue weighted by Gasteiger charge is -2.10. The number of ether oxygens (including phenoxy) is 1. The first kappa shape index (κ1) is 21.8. The zero-order chi connectivity index (χ0) is 22.8. The van der Waals surface area contributed by atoms with Crippen molar-refractivity contribution in [3.63, 3.8) is 0 Å². The number of nitrogens with zero attached hydrogens (tertiary/aromatic N) is 3. The van der Waals surface area contributed by atoms with Crippen LogP contribution in [0.1, 0.15) is 34.0 Å². The zero-order valence-electron chi connectivity index (χ0n) is 18.4. The number of fused-ring (bicyclic) bond motifs is 3. The van der Waals surface area contributed by atoms with Crippen molar-refractivity contribution in [2.45, 2.75) is 32.9 Å². The molecule has 0 aliphatic rings. The van der Waals surface area contributed by atoms with Gasteiger partial charge in [-0.25, -0.2) is 4.79 Å². The Morgan fingerprint density at radius 1 is 1.03 bits per heavy atom. The Morgan fingerprint density at radius 3 is 2.56 bits per heavy atom. The van der Waals surface area contributed by atoms with E-state index in [9.17, 15) is 9.59 Å². The van der Waals surface area contributed by atoms with Crippen molar-refractivity contribution in [1.82, 2.24) is 14.6 Å². The van der Waals surface area contributed by atoms with E-state index in [2.05, 4.69) is 47.6 Å². The van der Waals surface area contributed by atoms with Crippen molar-refractivity contribution in [2.24, 2.45) is 0 Å². The van der Waals surface area contributed by atoms with Gasteiger partial charge in [0.15, 0.2) is 10.8 Å². The van der Waals surface area contributed by atoms with E-state index in [1.165, 1.54) is 22.9 Å². The molecular formula is C24H24N4O3S. The van der Waals surface area contributed by atoms with Crippen LogP contribution in [0.25, 0.3) is 16.6 Å². The molecule has 2 aromatic heterocycles. The predicted molar refractivity (Wildman–Crippen MR) is 126 cm³/mol. The number of pyridine rings is 1. The summed E-state index contributed by atoms with van der Waals surface area (Å²) in [5.41, 5.74) is 6.18. The fraction of sp³-hybridized carbons (Fsp3) is 0.250. The zero-order valence-corrected chi connectivity index (χ0v) is 19.2. The van der Waals surface area contributed by atoms with Gasteiger partial charge in [-0.2, -0.15) is 0 Å². The average Bonchev–Trinajstić information content (AvgIpc) is 3.19. The van der Waals surface area contributed by atoms with Crippen LogP contribution in [0, 0.1) is 20.8 Å². The lowest BCUT2D eigenvalue weighted by Crippen LogP contribution is -2.15. The molecule has 0 radical (unpaired) electrons. The third-order valence-corrected chi connectivity index (χ3v) is 6.16. The summed E-state index contributed by atoms with van der Waals surface area (Å²) in [5, 5.41) is 13.3. The minimum Gasteiger partial charge on any atom is -0.462 e. The van der Waals surface area contributed by atoms with Crippen molar-refractivity contribution in [2.75, 3.05) is 17.7 Å². The Kier molecular flexibility index (Phi) is 6.14. The highest BCUT2D eigenvalue weighted by molar-refractivity contribution is 7.99. The predicted octanol–water partition coefficient (Wildman–Crippen LogP) is 4.72. The number of amides is 1. The highest BCUT2D eigenvalue weighted by Crippen LogP contribution is 2.27. The van der Waals surface area contributed by atoms with Crippen molar-refractivity contribution in [3.05, 3.63) is 64.7 Å². The summed E-state index contributed by atoms with van der Waals surface area (Å²) in [7, 11) is 0. The SMILES string of the molecule is CCOC(=O)c1cccc(NC(=O)CSc2nnc3c(C)cc4cc(C)c(C)cc4n23)c1. The van der Waals surface area contributed by atoms with E-state index < -0.39 is 5.97 Å². The number of esters is 1. The first-order valence-corrected chi connectivity index (χ1v) is 11.3. The number of nitrogens with one attached hydrogen (secondary N) is 1. The molecule has 0 spiro atoms. The van der Waals surface area contributed by atoms with E-state index in [-0.39, 0.29) is 11.7 Å². The van der Waals surface area contributed by atoms with E-state index in [1.807, 2.05) is 11.3 Å². The molecule has 2 aromatic carbocycles. The number of rotatable bonds is 6. The molecular weight excluding hydrogens is 424 g/mol. The van der Waals surface area contributed by atoms with Crippen LogP contribution in [0.5, 0.6) is 0 Å². The number of anilines is 1. The van der Waals surface area contributed by atoms with E-state index in [4.69, 9.17) is 4.74 Å². The smallest absolute Gasteiger partial charge is 0.338 e. The molecule has 4 aromatic rings. The summed E-state index contributed by atoms with van der Waals surface area (Å²) in [6.07, 6.45) is 0. The van der Waals surface area contributed by atoms with Gasteiger partial charge >= 0.3 is 5.97 Å². The van der Waals surface area contributed by atoms with Crippen LogP contribution in [0.15, 0.2) is 47.6 Å². The first-order chi connectivity index (χ1) is 15.4. The van der Waals surface area contributed by atoms with Crippen LogP contribution in [0.2, 0.25) is 0 Å². The van der Waals surface area contributed by atoms with E-state index in [0.29, 0.717) is 23.0 Å². The van der Waals surface area contributed by atoms with Gasteiger partial charge in [0.05, 0.1) is 23.4 Å². The number of benzene rings is 2. The van der Waals surface area contributed by atoms with Gasteiger partial charge in [0.2, 0.25) is 5.91 Å². The standard InChI is InChI=1S/C24H24N4O3S/c1-5-31-23(30)17-7-6-8-19(12-17)25-21(29)13-32-24-27-26-22-16(4)10-18-9-14(2)15(3)11-20(18)28(22)24/h6-12H,5,13H2,1-4H3,(H,25,29). The maximum Gasteiger partial charge on any atom is 0.338 e. The number of hydrogen-bond donors (Lipinski definition) is 1. The van der Waals surface area contributed by atoms with Crippen LogP contribution in [-0.2, 0) is 9.53 Å². The lowest BCUT2D eigenvalue weighted by molar-refractivity contribution is -0.113. The molecule has 1 N–H and O–H groups in total. The number of carbonyl (C=O) groups is 2. The van der Waals surface area contributed by atoms with Crippen LogP contribution in [0.4, 0.5) is 5.69 Å². The summed E-state index contributed by atoms with van der Waals surface area (Å²) < 4.78 is 7.02. The number of aromatic nitrogens is 3. The lowest BCUT2D eigenvalue weighted by atomic mass is 10.0. The number of carbonyl (C=O) groups excluding carboxylic acids is 2. The fourth-order valence-corrected chi connectivity index (χ4v) is 4.28. The third-order valence-electron chi connectivity index (χ3n) is 5.23. The first-order valence-electron chi connectivity index (χ1n) is 10.3. The van der Waals surface area contributed by atoms with Crippen LogP contribution in [0.3, 0.4) is 0 Å². The third kappa shape index (κ3) is 4.31. The summed E-state index contributed by atoms with van der Waals surface area (Å²) in [6, 6.07) is 13.1. The van der Waals surface area contributed by atoms with Gasteiger partial charge in [-0.3, -0.25) is 9.20 Å². The number of thioether (sulfide) groups is 1. The Balaban J connectivity index is 1.55. The Morgan fingerprint density at radius 2 is 1.78 bits per heavy atom. The van der Waals surface area contributed by atoms with Crippen LogP contribution in [-0.4, -0.2) is 38.8 Å². The van der Waals surface area contributed by atoms with Crippen LogP contribution < -0.4 is 5.32 Å². The molecule has 0 aliphatic heterocycles. The highest BCUT2D eigenvalue weighted by atomic mass is 32.2. The quantitative estimate of drug-likeness (QED) is 0.339. The number of hydrogen-bond acceptors (Lipinski definition) is 6. The van der Waals surface area contributed by atoms with Gasteiger partial charge in [-0.05, 0) is 86.2 Å². The molecule has 8 heteroatoms. The molecule has 2 heterocycles. The highest BCUT2D eigenvalue weighted by Gasteiger charge is 2.15. The van der Waals surface area contributed by atoms with Crippen LogP contribution >= 0.6 is 11.8 Å². The van der Waals surface area contributed by atoms with E-state index >= 15 is 0 Å². The largest absolute Gasteiger partial charge is 0.462 e. The molecule has 0 atom stereocenters. The molecule has 4 rings (SSSR count). The molecule has 0 unspecified atom stereocenters. The van der Waals surface area contributed by atoms with Crippen molar-refractivity contribution < 1.29 is 14.3 Å². The topological polar surface area (TPSA) is 85.6 Å². The second kappa shape index (κ2) is 9.00. The maximum atomic E-state index is 12.6. The fourth-order valence-electron chi connectivity index (χ4n) is 3.53. The Hall–Kier alpha value is -3.39. The summed E-state index contributed by atoms with van der Waals surface area (Å²) in [5.74, 6) is -0.456. The van der Waals surface area contributed by atoms with Gasteiger partial charge < -0.3 is 10.1 Å². The molecule has 164 valence electrons. The monoisotopic (exact) mass is 448 g/mol. The molecule has 32 heavy (non-hydrogen) atoms. The second-order valence-electron chi connectivity index (χ2n) is 7.60. The van der Waals surface area contributed by atoms with E-state index in [1.54, 1.807) is 31.2 Å². The molecule has 0 aliphatic carbocycles. The minimum absolute atomic E-state index is 0.157. The number of aryl methyl sites for hydroxylation is 3. The van der Waals surface area contributed by atoms with Crippen molar-refractivity contribution in [3.8, 4) is 0 Å². The van der Waals surface area contributed by atoms with Gasteiger partial charge in [0, 0.05) is 5.69 Å². The minimum atomic E-state index is -0.416. The van der Waals surface area contributed by atoms with Gasteiger partial charge in [0.25, 0.3) is 0 Å². The van der Waals surface area contributed by atoms with Crippen molar-refractivity contribution >= 4 is 45.9 Å². The molecule has 1 amide bonds. The van der Waals surface area contributed by atoms with Gasteiger partial charge in [-0.1, -0.05) is 17.8 Å². The summed E-state index contributed by atoms with van der Waals surface area (Å²) in [6.45, 7) is 8.23. The van der Waals surface area contributed by atoms with Gasteiger partial charge in [0.1, 0.15) is 0 Å². The Labute approximate surface area is 190 Å². The molecule has 7 nitrogen and oxygen atoms in total. The molecule has 0 fully saturated rings. The molecule has 0 saturated heterocycles. The average molecular weight is 449 g/mol. The molecule has 0 saturated carbocycles.